The molecule has 1 aliphatic rings. The number of carboxylic acid groups (broad SMARTS) is 1. The molecule has 1 saturated heterocycles. The van der Waals surface area contributed by atoms with Crippen molar-refractivity contribution in [2.24, 2.45) is 12.2 Å². The molecule has 3 heterocycles. The molecule has 1 aromatic carbocycles. The van der Waals surface area contributed by atoms with Gasteiger partial charge in [0.1, 0.15) is 24.1 Å². The molecule has 1 fully saturated rings. The summed E-state index contributed by atoms with van der Waals surface area (Å²) in [6.45, 7) is 3.58. The normalized spacial score (nSPS) is 17.1. The van der Waals surface area contributed by atoms with Crippen molar-refractivity contribution in [2.45, 2.75) is 50.6 Å². The monoisotopic (exact) mass is 755 g/mol. The lowest BCUT2D eigenvalue weighted by Crippen LogP contribution is -2.76. The van der Waals surface area contributed by atoms with Crippen LogP contribution in [0.3, 0.4) is 0 Å². The first kappa shape index (κ1) is 39.1. The summed E-state index contributed by atoms with van der Waals surface area (Å²) in [7, 11) is -3.12. The smallest absolute Gasteiger partial charge is 0.418 e. The minimum absolute atomic E-state index is 0.0503. The van der Waals surface area contributed by atoms with Crippen LogP contribution in [0.25, 0.3) is 11.1 Å². The Morgan fingerprint density at radius 1 is 1.24 bits per heavy atom. The topological polar surface area (TPSA) is 281 Å². The number of hydrogen-bond donors (Lipinski definition) is 7. The van der Waals surface area contributed by atoms with Gasteiger partial charge in [-0.25, -0.2) is 9.78 Å². The zero-order valence-electron chi connectivity index (χ0n) is 27.7. The van der Waals surface area contributed by atoms with Gasteiger partial charge in [0, 0.05) is 11.9 Å². The predicted octanol–water partition coefficient (Wildman–Crippen LogP) is -1.56. The van der Waals surface area contributed by atoms with Crippen molar-refractivity contribution in [1.82, 2.24) is 25.4 Å². The van der Waals surface area contributed by atoms with E-state index in [1.54, 1.807) is 24.3 Å². The number of nitrogen functional groups attached to an aromatic ring is 1. The second-order valence-electron chi connectivity index (χ2n) is 11.8. The summed E-state index contributed by atoms with van der Waals surface area (Å²) < 4.78 is 45.1. The molecule has 0 aliphatic carbocycles. The number of aryl methyl sites for hydroxylation is 2. The van der Waals surface area contributed by atoms with Crippen molar-refractivity contribution in [2.75, 3.05) is 32.0 Å². The van der Waals surface area contributed by atoms with Gasteiger partial charge in [-0.1, -0.05) is 17.3 Å². The third-order valence-electron chi connectivity index (χ3n) is 7.59. The number of carbonyl (C=O) groups is 3. The molecule has 0 bridgehead atoms. The highest BCUT2D eigenvalue weighted by Crippen LogP contribution is 2.33. The molecule has 3 atom stereocenters. The lowest BCUT2D eigenvalue weighted by atomic mass is 9.84. The average molecular weight is 756 g/mol. The number of hydrogen-bond acceptors (Lipinski definition) is 15. The number of nitrogens with zero attached hydrogens (tertiary/aromatic N) is 5. The molecule has 4 rings (SSSR count). The van der Waals surface area contributed by atoms with E-state index in [2.05, 4.69) is 25.1 Å². The standard InChI is InChI=1S/C29H38N8O12S2/c1-29(2)24(26(41)37(29)49-51(44,45)46)33-25(40)23(21-16-50-28(30)32-21)34-48-22(27(42)43)15-47-20-7-5-17(6-8-20)18-12-35(3)36(13-18)10-4-9-31-11-19(39)14-38/h5-8,12-13,16,19,22,24,31,38-39H,4,9-11,14-15H2,1-3H3,(H4-,30,32,33,40,42,43,44,45,46)/p+1/b34-23+/t19?,22?,24-/m1/s1. The van der Waals surface area contributed by atoms with Crippen LogP contribution in [0.5, 0.6) is 5.75 Å². The number of oxime groups is 1. The SMILES string of the molecule is C[n+]1cc(-c2ccc(OCC(O/N=C(/C(=O)N[C@@H]3C(=O)N(OS(=O)(=O)O)C3(C)C)c3csc(N)n3)C(=O)O)cc2)cn1CCCNCC(O)CO. The molecule has 20 nitrogen and oxygen atoms in total. The summed E-state index contributed by atoms with van der Waals surface area (Å²) in [5, 5.41) is 39.0. The molecule has 8 N–H and O–H groups in total. The Morgan fingerprint density at radius 3 is 2.53 bits per heavy atom. The molecule has 278 valence electrons. The van der Waals surface area contributed by atoms with Gasteiger partial charge < -0.3 is 41.3 Å². The van der Waals surface area contributed by atoms with Gasteiger partial charge in [0.2, 0.25) is 6.20 Å². The van der Waals surface area contributed by atoms with E-state index in [0.29, 0.717) is 30.4 Å². The number of aliphatic carboxylic acids is 1. The molecule has 0 saturated carbocycles. The van der Waals surface area contributed by atoms with E-state index in [0.717, 1.165) is 28.9 Å². The van der Waals surface area contributed by atoms with E-state index in [1.807, 2.05) is 28.8 Å². The fourth-order valence-electron chi connectivity index (χ4n) is 4.83. The van der Waals surface area contributed by atoms with Crippen molar-refractivity contribution in [1.29, 1.82) is 0 Å². The van der Waals surface area contributed by atoms with Crippen LogP contribution in [0.1, 0.15) is 26.0 Å². The zero-order chi connectivity index (χ0) is 37.5. The zero-order valence-corrected chi connectivity index (χ0v) is 29.3. The summed E-state index contributed by atoms with van der Waals surface area (Å²) in [6, 6.07) is 5.55. The number of carbonyl (C=O) groups excluding carboxylic acids is 2. The molecule has 2 unspecified atom stereocenters. The maximum atomic E-state index is 13.2. The Bertz CT molecular complexity index is 1840. The first-order chi connectivity index (χ1) is 24.0. The van der Waals surface area contributed by atoms with Gasteiger partial charge >= 0.3 is 16.4 Å². The van der Waals surface area contributed by atoms with Crippen LogP contribution in [0, 0.1) is 0 Å². The van der Waals surface area contributed by atoms with Crippen LogP contribution in [0.2, 0.25) is 0 Å². The molecule has 1 aliphatic heterocycles. The van der Waals surface area contributed by atoms with Crippen LogP contribution in [-0.2, 0) is 47.5 Å². The number of nitrogens with two attached hydrogens (primary N) is 1. The Labute approximate surface area is 295 Å². The number of rotatable bonds is 19. The number of thiazole rings is 1. The Kier molecular flexibility index (Phi) is 12.7. The Morgan fingerprint density at radius 2 is 1.94 bits per heavy atom. The molecule has 51 heavy (non-hydrogen) atoms. The van der Waals surface area contributed by atoms with Crippen LogP contribution in [0.4, 0.5) is 5.13 Å². The third kappa shape index (κ3) is 10.2. The summed E-state index contributed by atoms with van der Waals surface area (Å²) in [6.07, 6.45) is 2.22. The largest absolute Gasteiger partial charge is 0.489 e. The summed E-state index contributed by atoms with van der Waals surface area (Å²) in [5.74, 6) is -3.17. The van der Waals surface area contributed by atoms with E-state index in [1.165, 1.54) is 19.2 Å². The van der Waals surface area contributed by atoms with Crippen LogP contribution < -0.4 is 25.8 Å². The van der Waals surface area contributed by atoms with Crippen molar-refractivity contribution in [3.63, 3.8) is 0 Å². The molecule has 3 aromatic rings. The number of anilines is 1. The molecular weight excluding hydrogens is 716 g/mol. The molecule has 22 heteroatoms. The van der Waals surface area contributed by atoms with E-state index in [9.17, 15) is 33.0 Å². The summed E-state index contributed by atoms with van der Waals surface area (Å²) in [4.78, 5) is 47.0. The fraction of sp³-hybridized carbons (Fsp3) is 0.448. The van der Waals surface area contributed by atoms with Crippen molar-refractivity contribution in [3.8, 4) is 16.9 Å². The second-order valence-corrected chi connectivity index (χ2v) is 13.7. The summed E-state index contributed by atoms with van der Waals surface area (Å²) >= 11 is 0.952. The minimum atomic E-state index is -5.03. The predicted molar refractivity (Wildman–Crippen MR) is 178 cm³/mol. The number of aliphatic hydroxyl groups excluding tert-OH is 2. The van der Waals surface area contributed by atoms with Crippen molar-refractivity contribution in [3.05, 3.63) is 47.7 Å². The number of carboxylic acids is 1. The highest BCUT2D eigenvalue weighted by Gasteiger charge is 2.58. The van der Waals surface area contributed by atoms with Gasteiger partial charge in [-0.2, -0.15) is 18.2 Å². The van der Waals surface area contributed by atoms with Gasteiger partial charge in [0.05, 0.1) is 36.6 Å². The molecule has 0 spiro atoms. The van der Waals surface area contributed by atoms with Gasteiger partial charge in [-0.3, -0.25) is 14.1 Å². The number of nitrogens with one attached hydrogen (secondary N) is 2. The quantitative estimate of drug-likeness (QED) is 0.0182. The lowest BCUT2D eigenvalue weighted by molar-refractivity contribution is -0.753. The number of amides is 2. The van der Waals surface area contributed by atoms with Gasteiger partial charge in [-0.15, -0.1) is 20.3 Å². The van der Waals surface area contributed by atoms with Gasteiger partial charge in [0.15, 0.2) is 17.9 Å². The maximum absolute atomic E-state index is 13.2. The fourth-order valence-corrected chi connectivity index (χ4v) is 5.83. The van der Waals surface area contributed by atoms with E-state index in [4.69, 9.17) is 25.0 Å². The van der Waals surface area contributed by atoms with Crippen LogP contribution >= 0.6 is 11.3 Å². The average Bonchev–Trinajstić information content (AvgIpc) is 3.67. The lowest BCUT2D eigenvalue weighted by Gasteiger charge is -2.50. The highest BCUT2D eigenvalue weighted by molar-refractivity contribution is 7.80. The van der Waals surface area contributed by atoms with E-state index in [-0.39, 0.29) is 17.4 Å². The minimum Gasteiger partial charge on any atom is -0.489 e. The number of aliphatic hydroxyl groups is 2. The molecule has 2 amide bonds. The third-order valence-corrected chi connectivity index (χ3v) is 8.60. The van der Waals surface area contributed by atoms with Crippen LogP contribution in [-0.4, -0.2) is 117 Å². The Hall–Kier alpha value is -4.71. The van der Waals surface area contributed by atoms with Gasteiger partial charge in [0.25, 0.3) is 17.9 Å². The van der Waals surface area contributed by atoms with Crippen molar-refractivity contribution < 1.29 is 61.2 Å². The maximum Gasteiger partial charge on any atom is 0.418 e. The van der Waals surface area contributed by atoms with Gasteiger partial charge in [-0.05, 0) is 44.5 Å². The number of ether oxygens (including phenoxy) is 1. The summed E-state index contributed by atoms with van der Waals surface area (Å²) in [5.41, 5.74) is 5.43. The molecule has 2 aromatic heterocycles. The number of benzene rings is 1. The second kappa shape index (κ2) is 16.5. The Balaban J connectivity index is 1.38. The molecular formula is C29H39N8O12S2+. The van der Waals surface area contributed by atoms with E-state index >= 15 is 0 Å². The highest BCUT2D eigenvalue weighted by atomic mass is 32.3. The number of hydroxylamine groups is 2. The number of aromatic nitrogens is 3. The van der Waals surface area contributed by atoms with Crippen LogP contribution in [0.15, 0.2) is 47.2 Å². The molecule has 0 radical (unpaired) electrons. The number of β-lactam (4-membered cyclic amide) rings is 1. The first-order valence-corrected chi connectivity index (χ1v) is 17.5. The first-order valence-electron chi connectivity index (χ1n) is 15.3. The van der Waals surface area contributed by atoms with E-state index < -0.39 is 64.3 Å². The van der Waals surface area contributed by atoms with Crippen molar-refractivity contribution >= 4 is 50.4 Å².